The molecule has 128 valence electrons. The van der Waals surface area contributed by atoms with Crippen LogP contribution in [0, 0.1) is 5.82 Å². The maximum Gasteiger partial charge on any atom is 0.123 e. The van der Waals surface area contributed by atoms with Crippen molar-refractivity contribution in [2.75, 3.05) is 32.8 Å². The summed E-state index contributed by atoms with van der Waals surface area (Å²) in [5, 5.41) is 10.3. The van der Waals surface area contributed by atoms with E-state index < -0.39 is 6.10 Å². The van der Waals surface area contributed by atoms with Gasteiger partial charge in [0.15, 0.2) is 0 Å². The molecule has 1 aromatic carbocycles. The Morgan fingerprint density at radius 1 is 1.17 bits per heavy atom. The van der Waals surface area contributed by atoms with E-state index in [4.69, 9.17) is 9.47 Å². The summed E-state index contributed by atoms with van der Waals surface area (Å²) in [5.74, 6) is -0.301. The second-order valence-corrected chi connectivity index (χ2v) is 6.52. The largest absolute Gasteiger partial charge is 0.387 e. The van der Waals surface area contributed by atoms with Crippen LogP contribution in [-0.2, 0) is 9.47 Å². The van der Waals surface area contributed by atoms with Crippen LogP contribution in [0.3, 0.4) is 0 Å². The first kappa shape index (κ1) is 16.8. The third-order valence-corrected chi connectivity index (χ3v) is 4.75. The van der Waals surface area contributed by atoms with E-state index in [9.17, 15) is 9.50 Å². The lowest BCUT2D eigenvalue weighted by atomic mass is 10.0. The molecule has 0 aromatic heterocycles. The van der Waals surface area contributed by atoms with Gasteiger partial charge in [0, 0.05) is 32.8 Å². The van der Waals surface area contributed by atoms with E-state index in [-0.39, 0.29) is 5.82 Å². The Balaban J connectivity index is 1.42. The summed E-state index contributed by atoms with van der Waals surface area (Å²) in [6.45, 7) is 4.00. The summed E-state index contributed by atoms with van der Waals surface area (Å²) in [5.41, 5.74) is 0.644. The van der Waals surface area contributed by atoms with Crippen LogP contribution < -0.4 is 0 Å². The standard InChI is InChI=1S/C18H26FNO3/c19-15-3-1-2-14(12-15)18(21)13-20-8-4-16(5-9-20)23-17-6-10-22-11-7-17/h1-3,12,16-18,21H,4-11,13H2/t18-/m0/s1. The van der Waals surface area contributed by atoms with E-state index in [1.807, 2.05) is 0 Å². The minimum Gasteiger partial charge on any atom is -0.387 e. The first-order valence-corrected chi connectivity index (χ1v) is 8.60. The lowest BCUT2D eigenvalue weighted by molar-refractivity contribution is -0.0864. The first-order chi connectivity index (χ1) is 11.2. The summed E-state index contributed by atoms with van der Waals surface area (Å²) in [6, 6.07) is 6.22. The summed E-state index contributed by atoms with van der Waals surface area (Å²) >= 11 is 0. The Kier molecular flexibility index (Phi) is 6.00. The molecule has 2 fully saturated rings. The minimum atomic E-state index is -0.640. The first-order valence-electron chi connectivity index (χ1n) is 8.60. The van der Waals surface area contributed by atoms with Crippen molar-refractivity contribution in [1.29, 1.82) is 0 Å². The second-order valence-electron chi connectivity index (χ2n) is 6.52. The maximum atomic E-state index is 13.2. The molecule has 2 saturated heterocycles. The molecular formula is C18H26FNO3. The molecule has 0 spiro atoms. The van der Waals surface area contributed by atoms with Crippen LogP contribution in [-0.4, -0.2) is 55.1 Å². The summed E-state index contributed by atoms with van der Waals surface area (Å²) in [6.07, 6.45) is 4.01. The lowest BCUT2D eigenvalue weighted by Gasteiger charge is -2.35. The predicted octanol–water partition coefficient (Wildman–Crippen LogP) is 2.52. The highest BCUT2D eigenvalue weighted by molar-refractivity contribution is 5.19. The number of piperidine rings is 1. The Morgan fingerprint density at radius 3 is 2.57 bits per heavy atom. The summed E-state index contributed by atoms with van der Waals surface area (Å²) in [7, 11) is 0. The number of nitrogens with zero attached hydrogens (tertiary/aromatic N) is 1. The zero-order chi connectivity index (χ0) is 16.1. The van der Waals surface area contributed by atoms with Gasteiger partial charge >= 0.3 is 0 Å². The highest BCUT2D eigenvalue weighted by atomic mass is 19.1. The summed E-state index contributed by atoms with van der Waals surface area (Å²) in [4.78, 5) is 2.24. The zero-order valence-electron chi connectivity index (χ0n) is 13.5. The fraction of sp³-hybridized carbons (Fsp3) is 0.667. The molecule has 4 nitrogen and oxygen atoms in total. The van der Waals surface area contributed by atoms with Crippen LogP contribution in [0.15, 0.2) is 24.3 Å². The van der Waals surface area contributed by atoms with Gasteiger partial charge in [0.05, 0.1) is 18.3 Å². The topological polar surface area (TPSA) is 41.9 Å². The van der Waals surface area contributed by atoms with Crippen LogP contribution in [0.25, 0.3) is 0 Å². The van der Waals surface area contributed by atoms with Gasteiger partial charge in [0.25, 0.3) is 0 Å². The average Bonchev–Trinajstić information content (AvgIpc) is 2.57. The Bertz CT molecular complexity index is 485. The van der Waals surface area contributed by atoms with E-state index in [1.54, 1.807) is 12.1 Å². The van der Waals surface area contributed by atoms with Crippen molar-refractivity contribution < 1.29 is 19.0 Å². The second kappa shape index (κ2) is 8.20. The van der Waals surface area contributed by atoms with Gasteiger partial charge < -0.3 is 19.5 Å². The van der Waals surface area contributed by atoms with Gasteiger partial charge in [-0.1, -0.05) is 12.1 Å². The van der Waals surface area contributed by atoms with Gasteiger partial charge in [-0.25, -0.2) is 4.39 Å². The fourth-order valence-electron chi connectivity index (χ4n) is 3.38. The van der Waals surface area contributed by atoms with Gasteiger partial charge in [0.1, 0.15) is 5.82 Å². The molecule has 0 bridgehead atoms. The van der Waals surface area contributed by atoms with Crippen molar-refractivity contribution in [3.63, 3.8) is 0 Å². The molecule has 0 aliphatic carbocycles. The average molecular weight is 323 g/mol. The molecule has 0 saturated carbocycles. The van der Waals surface area contributed by atoms with Crippen molar-refractivity contribution in [1.82, 2.24) is 4.90 Å². The summed E-state index contributed by atoms with van der Waals surface area (Å²) < 4.78 is 24.8. The molecule has 2 aliphatic heterocycles. The van der Waals surface area contributed by atoms with E-state index >= 15 is 0 Å². The lowest BCUT2D eigenvalue weighted by Crippen LogP contribution is -2.41. The third-order valence-electron chi connectivity index (χ3n) is 4.75. The smallest absolute Gasteiger partial charge is 0.123 e. The van der Waals surface area contributed by atoms with Crippen molar-refractivity contribution in [3.8, 4) is 0 Å². The molecule has 23 heavy (non-hydrogen) atoms. The van der Waals surface area contributed by atoms with Gasteiger partial charge in [-0.05, 0) is 43.4 Å². The quantitative estimate of drug-likeness (QED) is 0.904. The monoisotopic (exact) mass is 323 g/mol. The number of likely N-dealkylation sites (tertiary alicyclic amines) is 1. The molecule has 2 heterocycles. The zero-order valence-corrected chi connectivity index (χ0v) is 13.5. The van der Waals surface area contributed by atoms with Crippen LogP contribution >= 0.6 is 0 Å². The van der Waals surface area contributed by atoms with Crippen LogP contribution in [0.2, 0.25) is 0 Å². The molecule has 1 N–H and O–H groups in total. The van der Waals surface area contributed by atoms with E-state index in [0.717, 1.165) is 52.0 Å². The number of rotatable bonds is 5. The number of benzene rings is 1. The molecule has 5 heteroatoms. The molecule has 2 aliphatic rings. The number of β-amino-alcohol motifs (C(OH)–C–C–N with tert-alkyl or cyclic N) is 1. The highest BCUT2D eigenvalue weighted by Crippen LogP contribution is 2.22. The number of aliphatic hydroxyl groups excluding tert-OH is 1. The minimum absolute atomic E-state index is 0.301. The molecule has 1 aromatic rings. The Labute approximate surface area is 137 Å². The highest BCUT2D eigenvalue weighted by Gasteiger charge is 2.25. The van der Waals surface area contributed by atoms with Crippen molar-refractivity contribution >= 4 is 0 Å². The number of hydrogen-bond donors (Lipinski definition) is 1. The van der Waals surface area contributed by atoms with Crippen molar-refractivity contribution in [2.45, 2.75) is 44.0 Å². The van der Waals surface area contributed by atoms with Crippen LogP contribution in [0.1, 0.15) is 37.4 Å². The normalized spacial score (nSPS) is 23.0. The number of aliphatic hydroxyl groups is 1. The molecular weight excluding hydrogens is 297 g/mol. The Morgan fingerprint density at radius 2 is 1.87 bits per heavy atom. The molecule has 0 unspecified atom stereocenters. The van der Waals surface area contributed by atoms with Gasteiger partial charge in [-0.2, -0.15) is 0 Å². The van der Waals surface area contributed by atoms with Crippen molar-refractivity contribution in [2.24, 2.45) is 0 Å². The van der Waals surface area contributed by atoms with Crippen LogP contribution in [0.5, 0.6) is 0 Å². The van der Waals surface area contributed by atoms with E-state index in [2.05, 4.69) is 4.90 Å². The number of hydrogen-bond acceptors (Lipinski definition) is 4. The fourth-order valence-corrected chi connectivity index (χ4v) is 3.38. The van der Waals surface area contributed by atoms with E-state index in [0.29, 0.717) is 24.3 Å². The molecule has 0 radical (unpaired) electrons. The number of ether oxygens (including phenoxy) is 2. The van der Waals surface area contributed by atoms with Crippen LogP contribution in [0.4, 0.5) is 4.39 Å². The Hall–Kier alpha value is -1.01. The third kappa shape index (κ3) is 4.98. The number of halogens is 1. The van der Waals surface area contributed by atoms with E-state index in [1.165, 1.54) is 12.1 Å². The molecule has 3 rings (SSSR count). The maximum absolute atomic E-state index is 13.2. The van der Waals surface area contributed by atoms with Crippen molar-refractivity contribution in [3.05, 3.63) is 35.6 Å². The van der Waals surface area contributed by atoms with Gasteiger partial charge in [0.2, 0.25) is 0 Å². The van der Waals surface area contributed by atoms with Gasteiger partial charge in [-0.15, -0.1) is 0 Å². The van der Waals surface area contributed by atoms with Gasteiger partial charge in [-0.3, -0.25) is 0 Å². The molecule has 0 amide bonds. The SMILES string of the molecule is O[C@@H](CN1CCC(OC2CCOCC2)CC1)c1cccc(F)c1. The molecule has 1 atom stereocenters. The predicted molar refractivity (Wildman–Crippen MR) is 85.7 cm³/mol.